The molecule has 1 aromatic rings. The molecule has 1 aromatic carbocycles. The van der Waals surface area contributed by atoms with Gasteiger partial charge >= 0.3 is 0 Å². The Morgan fingerprint density at radius 2 is 2.19 bits per heavy atom. The number of carbonyl (C=O) groups excluding carboxylic acids is 1. The van der Waals surface area contributed by atoms with Crippen LogP contribution in [0.5, 0.6) is 0 Å². The van der Waals surface area contributed by atoms with Gasteiger partial charge in [0.15, 0.2) is 0 Å². The fourth-order valence-corrected chi connectivity index (χ4v) is 2.62. The van der Waals surface area contributed by atoms with Gasteiger partial charge in [0.05, 0.1) is 11.0 Å². The Labute approximate surface area is 130 Å². The van der Waals surface area contributed by atoms with E-state index >= 15 is 0 Å². The van der Waals surface area contributed by atoms with Crippen LogP contribution in [0.1, 0.15) is 36.0 Å². The van der Waals surface area contributed by atoms with Gasteiger partial charge in [-0.15, -0.1) is 0 Å². The molecule has 0 unspecified atom stereocenters. The number of amides is 1. The maximum absolute atomic E-state index is 13.2. The first-order valence-electron chi connectivity index (χ1n) is 6.85. The molecule has 1 aliphatic carbocycles. The first-order valence-corrected chi connectivity index (χ1v) is 7.97. The lowest BCUT2D eigenvalue weighted by Gasteiger charge is -2.37. The third kappa shape index (κ3) is 3.58. The van der Waals surface area contributed by atoms with E-state index in [4.69, 9.17) is 0 Å². The molecule has 5 nitrogen and oxygen atoms in total. The van der Waals surface area contributed by atoms with Crippen molar-refractivity contribution in [2.45, 2.75) is 31.7 Å². The first-order chi connectivity index (χ1) is 10.0. The molecule has 0 bridgehead atoms. The van der Waals surface area contributed by atoms with E-state index in [1.807, 2.05) is 0 Å². The highest BCUT2D eigenvalue weighted by Crippen LogP contribution is 2.29. The molecule has 0 heterocycles. The van der Waals surface area contributed by atoms with Gasteiger partial charge in [0.1, 0.15) is 11.4 Å². The Bertz CT molecular complexity index is 549. The number of nitro groups is 1. The predicted molar refractivity (Wildman–Crippen MR) is 80.1 cm³/mol. The zero-order chi connectivity index (χ0) is 15.4. The number of hydrogen-bond donors (Lipinski definition) is 0. The SMILES string of the molecule is O=C(c1ccc(F)cc1[N+](=O)[O-])N(CCCBr)C1CCC1. The quantitative estimate of drug-likeness (QED) is 0.444. The summed E-state index contributed by atoms with van der Waals surface area (Å²) in [5, 5.41) is 11.8. The van der Waals surface area contributed by atoms with E-state index < -0.39 is 16.4 Å². The second-order valence-corrected chi connectivity index (χ2v) is 5.84. The summed E-state index contributed by atoms with van der Waals surface area (Å²) in [6.45, 7) is 0.545. The lowest BCUT2D eigenvalue weighted by molar-refractivity contribution is -0.385. The molecule has 0 N–H and O–H groups in total. The van der Waals surface area contributed by atoms with E-state index in [0.717, 1.165) is 43.1 Å². The molecule has 0 atom stereocenters. The van der Waals surface area contributed by atoms with Crippen molar-refractivity contribution in [1.82, 2.24) is 4.90 Å². The van der Waals surface area contributed by atoms with E-state index in [0.29, 0.717) is 6.54 Å². The minimum Gasteiger partial charge on any atom is -0.335 e. The number of alkyl halides is 1. The molecule has 1 saturated carbocycles. The number of hydrogen-bond acceptors (Lipinski definition) is 3. The zero-order valence-corrected chi connectivity index (χ0v) is 13.0. The van der Waals surface area contributed by atoms with Crippen LogP contribution in [0, 0.1) is 15.9 Å². The predicted octanol–water partition coefficient (Wildman–Crippen LogP) is 3.51. The maximum Gasteiger partial charge on any atom is 0.285 e. The van der Waals surface area contributed by atoms with Crippen molar-refractivity contribution in [3.8, 4) is 0 Å². The standard InChI is InChI=1S/C14H16BrFN2O3/c15-7-2-8-17(11-3-1-4-11)14(19)12-6-5-10(16)9-13(12)18(20)21/h5-6,9,11H,1-4,7-8H2. The van der Waals surface area contributed by atoms with Crippen molar-refractivity contribution < 1.29 is 14.1 Å². The van der Waals surface area contributed by atoms with Gasteiger partial charge in [-0.25, -0.2) is 4.39 Å². The van der Waals surface area contributed by atoms with Crippen molar-refractivity contribution in [1.29, 1.82) is 0 Å². The molecular formula is C14H16BrFN2O3. The Kier molecular flexibility index (Phi) is 5.27. The van der Waals surface area contributed by atoms with Gasteiger partial charge in [0, 0.05) is 17.9 Å². The summed E-state index contributed by atoms with van der Waals surface area (Å²) in [5.74, 6) is -1.10. The topological polar surface area (TPSA) is 63.4 Å². The van der Waals surface area contributed by atoms with E-state index in [2.05, 4.69) is 15.9 Å². The minimum atomic E-state index is -0.714. The number of halogens is 2. The van der Waals surface area contributed by atoms with Crippen molar-refractivity contribution in [3.05, 3.63) is 39.7 Å². The molecule has 0 spiro atoms. The van der Waals surface area contributed by atoms with Crippen molar-refractivity contribution in [2.24, 2.45) is 0 Å². The number of carbonyl (C=O) groups is 1. The van der Waals surface area contributed by atoms with E-state index in [1.165, 1.54) is 6.07 Å². The first kappa shape index (κ1) is 15.9. The van der Waals surface area contributed by atoms with E-state index in [9.17, 15) is 19.3 Å². The summed E-state index contributed by atoms with van der Waals surface area (Å²) >= 11 is 3.32. The fraction of sp³-hybridized carbons (Fsp3) is 0.500. The molecule has 0 aromatic heterocycles. The number of nitrogens with zero attached hydrogens (tertiary/aromatic N) is 2. The summed E-state index contributed by atoms with van der Waals surface area (Å²) in [5.41, 5.74) is -0.508. The molecule has 0 radical (unpaired) electrons. The fourth-order valence-electron chi connectivity index (χ4n) is 2.37. The third-order valence-electron chi connectivity index (χ3n) is 3.70. The monoisotopic (exact) mass is 358 g/mol. The highest BCUT2D eigenvalue weighted by molar-refractivity contribution is 9.09. The van der Waals surface area contributed by atoms with Crippen LogP contribution in [0.15, 0.2) is 18.2 Å². The Hall–Kier alpha value is -1.50. The summed E-state index contributed by atoms with van der Waals surface area (Å²) in [4.78, 5) is 24.6. The molecule has 21 heavy (non-hydrogen) atoms. The molecule has 1 amide bonds. The summed E-state index contributed by atoms with van der Waals surface area (Å²) in [7, 11) is 0. The second-order valence-electron chi connectivity index (χ2n) is 5.04. The van der Waals surface area contributed by atoms with Crippen molar-refractivity contribution >= 4 is 27.5 Å². The molecule has 0 aliphatic heterocycles. The normalized spacial score (nSPS) is 14.6. The van der Waals surface area contributed by atoms with Crippen LogP contribution < -0.4 is 0 Å². The van der Waals surface area contributed by atoms with Crippen LogP contribution in [-0.2, 0) is 0 Å². The summed E-state index contributed by atoms with van der Waals surface area (Å²) in [6.07, 6.45) is 3.68. The van der Waals surface area contributed by atoms with Crippen LogP contribution in [0.3, 0.4) is 0 Å². The van der Waals surface area contributed by atoms with Crippen LogP contribution in [0.25, 0.3) is 0 Å². The van der Waals surface area contributed by atoms with Crippen LogP contribution >= 0.6 is 15.9 Å². The number of nitro benzene ring substituents is 1. The van der Waals surface area contributed by atoms with Gasteiger partial charge in [-0.05, 0) is 37.8 Å². The van der Waals surface area contributed by atoms with Crippen molar-refractivity contribution in [3.63, 3.8) is 0 Å². The van der Waals surface area contributed by atoms with E-state index in [-0.39, 0.29) is 17.5 Å². The van der Waals surface area contributed by atoms with Crippen LogP contribution in [-0.4, -0.2) is 33.6 Å². The Morgan fingerprint density at radius 3 is 2.71 bits per heavy atom. The summed E-state index contributed by atoms with van der Waals surface area (Å²) < 4.78 is 13.2. The molecule has 0 saturated heterocycles. The van der Waals surface area contributed by atoms with E-state index in [1.54, 1.807) is 4.90 Å². The van der Waals surface area contributed by atoms with Gasteiger partial charge in [-0.3, -0.25) is 14.9 Å². The molecule has 2 rings (SSSR count). The Balaban J connectivity index is 2.29. The molecule has 114 valence electrons. The third-order valence-corrected chi connectivity index (χ3v) is 4.26. The molecular weight excluding hydrogens is 343 g/mol. The minimum absolute atomic E-state index is 0.0390. The molecule has 1 fully saturated rings. The Morgan fingerprint density at radius 1 is 1.48 bits per heavy atom. The smallest absolute Gasteiger partial charge is 0.285 e. The van der Waals surface area contributed by atoms with Crippen molar-refractivity contribution in [2.75, 3.05) is 11.9 Å². The average molecular weight is 359 g/mol. The van der Waals surface area contributed by atoms with Crippen LogP contribution in [0.4, 0.5) is 10.1 Å². The van der Waals surface area contributed by atoms with Gasteiger partial charge < -0.3 is 4.90 Å². The molecule has 1 aliphatic rings. The largest absolute Gasteiger partial charge is 0.335 e. The number of rotatable bonds is 6. The highest BCUT2D eigenvalue weighted by atomic mass is 79.9. The summed E-state index contributed by atoms with van der Waals surface area (Å²) in [6, 6.07) is 3.23. The molecule has 7 heteroatoms. The lowest BCUT2D eigenvalue weighted by Crippen LogP contribution is -2.45. The lowest BCUT2D eigenvalue weighted by atomic mass is 9.90. The highest BCUT2D eigenvalue weighted by Gasteiger charge is 2.32. The van der Waals surface area contributed by atoms with Gasteiger partial charge in [-0.1, -0.05) is 15.9 Å². The average Bonchev–Trinajstić information content (AvgIpc) is 2.40. The van der Waals surface area contributed by atoms with Gasteiger partial charge in [0.2, 0.25) is 0 Å². The van der Waals surface area contributed by atoms with Gasteiger partial charge in [-0.2, -0.15) is 0 Å². The zero-order valence-electron chi connectivity index (χ0n) is 11.4. The number of benzene rings is 1. The van der Waals surface area contributed by atoms with Crippen LogP contribution in [0.2, 0.25) is 0 Å². The van der Waals surface area contributed by atoms with Gasteiger partial charge in [0.25, 0.3) is 11.6 Å². The maximum atomic E-state index is 13.2. The second kappa shape index (κ2) is 6.98.